The summed E-state index contributed by atoms with van der Waals surface area (Å²) in [4.78, 5) is 15.1. The van der Waals surface area contributed by atoms with Gasteiger partial charge in [-0.3, -0.25) is 4.79 Å². The van der Waals surface area contributed by atoms with Crippen molar-refractivity contribution >= 4 is 11.7 Å². The fourth-order valence-corrected chi connectivity index (χ4v) is 3.15. The van der Waals surface area contributed by atoms with E-state index in [4.69, 9.17) is 10.9 Å². The van der Waals surface area contributed by atoms with Crippen molar-refractivity contribution in [3.63, 3.8) is 0 Å². The van der Waals surface area contributed by atoms with E-state index in [9.17, 15) is 4.79 Å². The lowest BCUT2D eigenvalue weighted by Crippen LogP contribution is -2.54. The van der Waals surface area contributed by atoms with Crippen molar-refractivity contribution in [1.82, 2.24) is 10.2 Å². The van der Waals surface area contributed by atoms with Gasteiger partial charge in [0.05, 0.1) is 0 Å². The highest BCUT2D eigenvalue weighted by molar-refractivity contribution is 6.06. The van der Waals surface area contributed by atoms with Crippen LogP contribution in [-0.2, 0) is 4.79 Å². The van der Waals surface area contributed by atoms with Crippen LogP contribution >= 0.6 is 0 Å². The van der Waals surface area contributed by atoms with Crippen molar-refractivity contribution in [1.29, 1.82) is 0 Å². The summed E-state index contributed by atoms with van der Waals surface area (Å²) in [5, 5.41) is 15.4. The third kappa shape index (κ3) is 4.33. The molecular weight excluding hydrogens is 268 g/mol. The number of hydrogen-bond acceptors (Lipinski definition) is 4. The molecule has 0 atom stereocenters. The van der Waals surface area contributed by atoms with Crippen molar-refractivity contribution in [3.05, 3.63) is 0 Å². The number of nitrogens with one attached hydrogen (secondary N) is 1. The third-order valence-electron chi connectivity index (χ3n) is 4.44. The fourth-order valence-electron chi connectivity index (χ4n) is 3.15. The second-order valence-electron chi connectivity index (χ2n) is 6.12. The number of nitrogens with zero attached hydrogens (tertiary/aromatic N) is 2. The summed E-state index contributed by atoms with van der Waals surface area (Å²) in [5.41, 5.74) is 5.01. The molecule has 6 nitrogen and oxygen atoms in total. The van der Waals surface area contributed by atoms with E-state index >= 15 is 0 Å². The van der Waals surface area contributed by atoms with E-state index in [0.29, 0.717) is 12.8 Å². The predicted octanol–water partition coefficient (Wildman–Crippen LogP) is 1.53. The highest BCUT2D eigenvalue weighted by atomic mass is 16.4. The minimum absolute atomic E-state index is 0.0385. The van der Waals surface area contributed by atoms with Gasteiger partial charge in [-0.05, 0) is 45.8 Å². The molecule has 1 heterocycles. The summed E-state index contributed by atoms with van der Waals surface area (Å²) >= 11 is 0. The second-order valence-corrected chi connectivity index (χ2v) is 6.12. The van der Waals surface area contributed by atoms with Gasteiger partial charge in [0, 0.05) is 6.04 Å². The smallest absolute Gasteiger partial charge is 0.234 e. The van der Waals surface area contributed by atoms with E-state index in [1.54, 1.807) is 0 Å². The van der Waals surface area contributed by atoms with Gasteiger partial charge in [-0.1, -0.05) is 31.8 Å². The third-order valence-corrected chi connectivity index (χ3v) is 4.44. The molecule has 0 bridgehead atoms. The summed E-state index contributed by atoms with van der Waals surface area (Å²) < 4.78 is 0. The molecule has 1 fully saturated rings. The maximum absolute atomic E-state index is 12.8. The van der Waals surface area contributed by atoms with Gasteiger partial charge in [-0.15, -0.1) is 0 Å². The van der Waals surface area contributed by atoms with E-state index < -0.39 is 5.41 Å². The topological polar surface area (TPSA) is 91.0 Å². The number of rotatable bonds is 7. The van der Waals surface area contributed by atoms with Gasteiger partial charge in [0.1, 0.15) is 5.41 Å². The SMILES string of the molecule is CCCC(CCC)(C(=O)NC1CCN(C)CC1)C(N)=NO. The Bertz CT molecular complexity index is 357. The van der Waals surface area contributed by atoms with Crippen LogP contribution < -0.4 is 11.1 Å². The first-order chi connectivity index (χ1) is 10.00. The van der Waals surface area contributed by atoms with Crippen LogP contribution in [0.1, 0.15) is 52.4 Å². The number of amidine groups is 1. The molecule has 0 spiro atoms. The standard InChI is InChI=1S/C15H30N4O2/c1-4-8-15(9-5-2,13(16)18-21)14(20)17-12-6-10-19(3)11-7-12/h12,21H,4-11H2,1-3H3,(H2,16,18)(H,17,20). The maximum Gasteiger partial charge on any atom is 0.234 e. The minimum Gasteiger partial charge on any atom is -0.409 e. The molecule has 4 N–H and O–H groups in total. The molecule has 0 unspecified atom stereocenters. The Morgan fingerprint density at radius 1 is 1.33 bits per heavy atom. The van der Waals surface area contributed by atoms with Gasteiger partial charge in [-0.2, -0.15) is 0 Å². The zero-order chi connectivity index (χ0) is 15.9. The molecule has 0 radical (unpaired) electrons. The molecule has 1 aliphatic heterocycles. The van der Waals surface area contributed by atoms with Crippen LogP contribution in [0.2, 0.25) is 0 Å². The Morgan fingerprint density at radius 3 is 2.29 bits per heavy atom. The zero-order valence-electron chi connectivity index (χ0n) is 13.6. The Hall–Kier alpha value is -1.30. The Morgan fingerprint density at radius 2 is 1.86 bits per heavy atom. The van der Waals surface area contributed by atoms with Gasteiger partial charge in [-0.25, -0.2) is 0 Å². The van der Waals surface area contributed by atoms with E-state index in [1.807, 2.05) is 13.8 Å². The summed E-state index contributed by atoms with van der Waals surface area (Å²) in [5.74, 6) is -0.0484. The first-order valence-electron chi connectivity index (χ1n) is 7.97. The van der Waals surface area contributed by atoms with Crippen LogP contribution in [-0.4, -0.2) is 48.0 Å². The molecule has 0 saturated carbocycles. The normalized spacial score (nSPS) is 18.7. The molecule has 6 heteroatoms. The first kappa shape index (κ1) is 17.8. The van der Waals surface area contributed by atoms with Gasteiger partial charge in [0.2, 0.25) is 5.91 Å². The summed E-state index contributed by atoms with van der Waals surface area (Å²) in [6.07, 6.45) is 4.75. The molecule has 0 aromatic heterocycles. The molecule has 0 aliphatic carbocycles. The lowest BCUT2D eigenvalue weighted by molar-refractivity contribution is -0.129. The first-order valence-corrected chi connectivity index (χ1v) is 7.97. The van der Waals surface area contributed by atoms with E-state index in [1.165, 1.54) is 0 Å². The molecule has 21 heavy (non-hydrogen) atoms. The monoisotopic (exact) mass is 298 g/mol. The number of oxime groups is 1. The van der Waals surface area contributed by atoms with Crippen molar-refractivity contribution in [2.75, 3.05) is 20.1 Å². The fraction of sp³-hybridized carbons (Fsp3) is 0.867. The van der Waals surface area contributed by atoms with E-state index in [2.05, 4.69) is 22.4 Å². The van der Waals surface area contributed by atoms with Crippen LogP contribution in [0.25, 0.3) is 0 Å². The molecule has 0 aromatic carbocycles. The highest BCUT2D eigenvalue weighted by Gasteiger charge is 2.42. The number of carbonyl (C=O) groups is 1. The number of hydrogen-bond donors (Lipinski definition) is 3. The predicted molar refractivity (Wildman–Crippen MR) is 84.3 cm³/mol. The largest absolute Gasteiger partial charge is 0.409 e. The van der Waals surface area contributed by atoms with Crippen LogP contribution in [0.3, 0.4) is 0 Å². The molecular formula is C15H30N4O2. The van der Waals surface area contributed by atoms with Crippen LogP contribution in [0.5, 0.6) is 0 Å². The Balaban J connectivity index is 2.83. The summed E-state index contributed by atoms with van der Waals surface area (Å²) in [6, 6.07) is 0.188. The average molecular weight is 298 g/mol. The van der Waals surface area contributed by atoms with Crippen molar-refractivity contribution in [2.45, 2.75) is 58.4 Å². The quantitative estimate of drug-likeness (QED) is 0.288. The van der Waals surface area contributed by atoms with Gasteiger partial charge >= 0.3 is 0 Å². The molecule has 1 rings (SSSR count). The second kappa shape index (κ2) is 8.22. The van der Waals surface area contributed by atoms with Crippen LogP contribution in [0, 0.1) is 5.41 Å². The molecule has 1 amide bonds. The number of carbonyl (C=O) groups excluding carboxylic acids is 1. The van der Waals surface area contributed by atoms with Crippen molar-refractivity contribution in [3.8, 4) is 0 Å². The van der Waals surface area contributed by atoms with Crippen molar-refractivity contribution < 1.29 is 10.0 Å². The molecule has 0 aromatic rings. The molecule has 122 valence electrons. The number of amides is 1. The van der Waals surface area contributed by atoms with Crippen LogP contribution in [0.15, 0.2) is 5.16 Å². The number of likely N-dealkylation sites (tertiary alicyclic amines) is 1. The average Bonchev–Trinajstić information content (AvgIpc) is 2.48. The minimum atomic E-state index is -0.873. The van der Waals surface area contributed by atoms with E-state index in [-0.39, 0.29) is 17.8 Å². The lowest BCUT2D eigenvalue weighted by Gasteiger charge is -2.35. The van der Waals surface area contributed by atoms with E-state index in [0.717, 1.165) is 38.8 Å². The molecule has 1 aliphatic rings. The summed E-state index contributed by atoms with van der Waals surface area (Å²) in [6.45, 7) is 6.00. The van der Waals surface area contributed by atoms with Crippen molar-refractivity contribution in [2.24, 2.45) is 16.3 Å². The summed E-state index contributed by atoms with van der Waals surface area (Å²) in [7, 11) is 2.09. The Labute approximate surface area is 127 Å². The van der Waals surface area contributed by atoms with Gasteiger partial charge in [0.15, 0.2) is 5.84 Å². The maximum atomic E-state index is 12.8. The Kier molecular flexibility index (Phi) is 6.95. The number of piperidine rings is 1. The van der Waals surface area contributed by atoms with Gasteiger partial charge < -0.3 is 21.2 Å². The van der Waals surface area contributed by atoms with Gasteiger partial charge in [0.25, 0.3) is 0 Å². The lowest BCUT2D eigenvalue weighted by atomic mass is 9.76. The number of nitrogens with two attached hydrogens (primary N) is 1. The van der Waals surface area contributed by atoms with Crippen LogP contribution in [0.4, 0.5) is 0 Å². The highest BCUT2D eigenvalue weighted by Crippen LogP contribution is 2.31. The zero-order valence-corrected chi connectivity index (χ0v) is 13.6. The molecule has 1 saturated heterocycles.